The van der Waals surface area contributed by atoms with E-state index in [2.05, 4.69) is 21.2 Å². The predicted molar refractivity (Wildman–Crippen MR) is 119 cm³/mol. The molecule has 0 aliphatic carbocycles. The van der Waals surface area contributed by atoms with Crippen LogP contribution in [0.2, 0.25) is 0 Å². The van der Waals surface area contributed by atoms with Crippen LogP contribution in [0, 0.1) is 0 Å². The zero-order valence-corrected chi connectivity index (χ0v) is 17.7. The quantitative estimate of drug-likeness (QED) is 0.352. The van der Waals surface area contributed by atoms with Crippen molar-refractivity contribution in [3.63, 3.8) is 0 Å². The SMILES string of the molecule is CCOc1cccc2cc(C(=O)Nc3ccc(Br)cc3C(=O)c3ccccc3)oc12. The molecule has 0 aliphatic rings. The van der Waals surface area contributed by atoms with E-state index in [9.17, 15) is 9.59 Å². The fourth-order valence-electron chi connectivity index (χ4n) is 3.16. The van der Waals surface area contributed by atoms with Gasteiger partial charge in [0, 0.05) is 21.0 Å². The van der Waals surface area contributed by atoms with Crippen molar-refractivity contribution in [2.24, 2.45) is 0 Å². The summed E-state index contributed by atoms with van der Waals surface area (Å²) in [6, 6.07) is 21.2. The first-order chi connectivity index (χ1) is 14.6. The molecule has 1 aromatic heterocycles. The van der Waals surface area contributed by atoms with Crippen LogP contribution in [-0.4, -0.2) is 18.3 Å². The Morgan fingerprint density at radius 1 is 1.00 bits per heavy atom. The number of furan rings is 1. The number of anilines is 1. The van der Waals surface area contributed by atoms with Crippen molar-refractivity contribution in [3.8, 4) is 5.75 Å². The van der Waals surface area contributed by atoms with Crippen molar-refractivity contribution < 1.29 is 18.7 Å². The maximum atomic E-state index is 13.0. The van der Waals surface area contributed by atoms with Gasteiger partial charge in [-0.1, -0.05) is 58.4 Å². The number of halogens is 1. The molecule has 0 bridgehead atoms. The van der Waals surface area contributed by atoms with Crippen LogP contribution in [-0.2, 0) is 0 Å². The lowest BCUT2D eigenvalue weighted by Gasteiger charge is -2.10. The summed E-state index contributed by atoms with van der Waals surface area (Å²) in [6.07, 6.45) is 0. The van der Waals surface area contributed by atoms with Gasteiger partial charge in [0.15, 0.2) is 22.9 Å². The Kier molecular flexibility index (Phi) is 5.68. The molecule has 0 atom stereocenters. The summed E-state index contributed by atoms with van der Waals surface area (Å²) >= 11 is 3.40. The van der Waals surface area contributed by atoms with E-state index in [0.717, 1.165) is 9.86 Å². The van der Waals surface area contributed by atoms with Gasteiger partial charge in [-0.15, -0.1) is 0 Å². The van der Waals surface area contributed by atoms with Crippen LogP contribution < -0.4 is 10.1 Å². The number of carbonyl (C=O) groups excluding carboxylic acids is 2. The molecule has 0 radical (unpaired) electrons. The highest BCUT2D eigenvalue weighted by Crippen LogP contribution is 2.30. The smallest absolute Gasteiger partial charge is 0.291 e. The molecule has 30 heavy (non-hydrogen) atoms. The van der Waals surface area contributed by atoms with Crippen molar-refractivity contribution in [2.45, 2.75) is 6.92 Å². The van der Waals surface area contributed by atoms with E-state index >= 15 is 0 Å². The normalized spacial score (nSPS) is 10.7. The first kappa shape index (κ1) is 19.9. The number of hydrogen-bond acceptors (Lipinski definition) is 4. The van der Waals surface area contributed by atoms with E-state index in [0.29, 0.717) is 34.8 Å². The van der Waals surface area contributed by atoms with Gasteiger partial charge in [0.2, 0.25) is 0 Å². The molecule has 0 fully saturated rings. The zero-order chi connectivity index (χ0) is 21.1. The molecular weight excluding hydrogens is 446 g/mol. The van der Waals surface area contributed by atoms with Crippen LogP contribution in [0.3, 0.4) is 0 Å². The number of amides is 1. The molecule has 1 amide bonds. The minimum absolute atomic E-state index is 0.137. The number of para-hydroxylation sites is 1. The lowest BCUT2D eigenvalue weighted by molar-refractivity contribution is 0.0998. The van der Waals surface area contributed by atoms with Crippen molar-refractivity contribution >= 4 is 44.3 Å². The maximum Gasteiger partial charge on any atom is 0.291 e. The molecule has 5 nitrogen and oxygen atoms in total. The summed E-state index contributed by atoms with van der Waals surface area (Å²) in [5.41, 5.74) is 1.84. The molecule has 0 aliphatic heterocycles. The third-order valence-electron chi connectivity index (χ3n) is 4.54. The van der Waals surface area contributed by atoms with Gasteiger partial charge in [-0.3, -0.25) is 9.59 Å². The molecule has 6 heteroatoms. The fourth-order valence-corrected chi connectivity index (χ4v) is 3.52. The van der Waals surface area contributed by atoms with E-state index < -0.39 is 5.91 Å². The summed E-state index contributed by atoms with van der Waals surface area (Å²) in [7, 11) is 0. The molecule has 4 aromatic rings. The Morgan fingerprint density at radius 3 is 2.57 bits per heavy atom. The third-order valence-corrected chi connectivity index (χ3v) is 5.04. The predicted octanol–water partition coefficient (Wildman–Crippen LogP) is 6.08. The average molecular weight is 464 g/mol. The Bertz CT molecular complexity index is 1230. The van der Waals surface area contributed by atoms with Gasteiger partial charge in [-0.25, -0.2) is 0 Å². The third kappa shape index (κ3) is 4.00. The van der Waals surface area contributed by atoms with Crippen LogP contribution in [0.15, 0.2) is 81.7 Å². The standard InChI is InChI=1S/C24H18BrNO4/c1-2-29-20-10-6-9-16-13-21(30-23(16)20)24(28)26-19-12-11-17(25)14-18(19)22(27)15-7-4-3-5-8-15/h3-14H,2H2,1H3,(H,26,28). The second-order valence-electron chi connectivity index (χ2n) is 6.56. The van der Waals surface area contributed by atoms with E-state index in [1.165, 1.54) is 0 Å². The highest BCUT2D eigenvalue weighted by molar-refractivity contribution is 9.10. The number of nitrogens with one attached hydrogen (secondary N) is 1. The van der Waals surface area contributed by atoms with Crippen molar-refractivity contribution in [2.75, 3.05) is 11.9 Å². The number of hydrogen-bond donors (Lipinski definition) is 1. The van der Waals surface area contributed by atoms with E-state index in [1.54, 1.807) is 54.6 Å². The van der Waals surface area contributed by atoms with Crippen LogP contribution in [0.25, 0.3) is 11.0 Å². The van der Waals surface area contributed by atoms with Crippen LogP contribution in [0.4, 0.5) is 5.69 Å². The second-order valence-corrected chi connectivity index (χ2v) is 7.47. The average Bonchev–Trinajstić information content (AvgIpc) is 3.21. The monoisotopic (exact) mass is 463 g/mol. The van der Waals surface area contributed by atoms with Gasteiger partial charge in [0.1, 0.15) is 0 Å². The van der Waals surface area contributed by atoms with Gasteiger partial charge >= 0.3 is 0 Å². The number of fused-ring (bicyclic) bond motifs is 1. The van der Waals surface area contributed by atoms with Crippen molar-refractivity contribution in [3.05, 3.63) is 94.2 Å². The Morgan fingerprint density at radius 2 is 1.80 bits per heavy atom. The minimum Gasteiger partial charge on any atom is -0.490 e. The second kappa shape index (κ2) is 8.55. The molecule has 0 spiro atoms. The minimum atomic E-state index is -0.446. The van der Waals surface area contributed by atoms with Crippen LogP contribution in [0.5, 0.6) is 5.75 Å². The van der Waals surface area contributed by atoms with E-state index in [1.807, 2.05) is 25.1 Å². The number of rotatable bonds is 6. The first-order valence-electron chi connectivity index (χ1n) is 9.43. The van der Waals surface area contributed by atoms with Gasteiger partial charge in [0.25, 0.3) is 5.91 Å². The van der Waals surface area contributed by atoms with Crippen LogP contribution >= 0.6 is 15.9 Å². The summed E-state index contributed by atoms with van der Waals surface area (Å²) < 4.78 is 12.1. The summed E-state index contributed by atoms with van der Waals surface area (Å²) in [5, 5.41) is 3.57. The van der Waals surface area contributed by atoms with Gasteiger partial charge in [-0.2, -0.15) is 0 Å². The van der Waals surface area contributed by atoms with Gasteiger partial charge in [0.05, 0.1) is 12.3 Å². The summed E-state index contributed by atoms with van der Waals surface area (Å²) in [4.78, 5) is 25.9. The molecular formula is C24H18BrNO4. The largest absolute Gasteiger partial charge is 0.490 e. The highest BCUT2D eigenvalue weighted by Gasteiger charge is 2.19. The van der Waals surface area contributed by atoms with E-state index in [4.69, 9.17) is 9.15 Å². The summed E-state index contributed by atoms with van der Waals surface area (Å²) in [5.74, 6) is 0.0874. The first-order valence-corrected chi connectivity index (χ1v) is 10.2. The summed E-state index contributed by atoms with van der Waals surface area (Å²) in [6.45, 7) is 2.37. The highest BCUT2D eigenvalue weighted by atomic mass is 79.9. The molecule has 3 aromatic carbocycles. The van der Waals surface area contributed by atoms with Gasteiger partial charge in [-0.05, 0) is 37.3 Å². The molecule has 0 saturated carbocycles. The number of ether oxygens (including phenoxy) is 1. The number of ketones is 1. The molecule has 1 heterocycles. The van der Waals surface area contributed by atoms with Crippen LogP contribution in [0.1, 0.15) is 33.4 Å². The van der Waals surface area contributed by atoms with E-state index in [-0.39, 0.29) is 11.5 Å². The number of carbonyl (C=O) groups is 2. The molecule has 0 saturated heterocycles. The van der Waals surface area contributed by atoms with Crippen molar-refractivity contribution in [1.29, 1.82) is 0 Å². The fraction of sp³-hybridized carbons (Fsp3) is 0.0833. The molecule has 1 N–H and O–H groups in total. The zero-order valence-electron chi connectivity index (χ0n) is 16.1. The molecule has 0 unspecified atom stereocenters. The number of benzene rings is 3. The van der Waals surface area contributed by atoms with Crippen molar-refractivity contribution in [1.82, 2.24) is 0 Å². The lowest BCUT2D eigenvalue weighted by Crippen LogP contribution is -2.14. The topological polar surface area (TPSA) is 68.5 Å². The van der Waals surface area contributed by atoms with Gasteiger partial charge < -0.3 is 14.5 Å². The lowest BCUT2D eigenvalue weighted by atomic mass is 10.0. The maximum absolute atomic E-state index is 13.0. The molecule has 150 valence electrons. The Labute approximate surface area is 181 Å². The Balaban J connectivity index is 1.66. The Hall–Kier alpha value is -3.38. The molecule has 4 rings (SSSR count).